The average molecular weight is 252 g/mol. The number of nitrogens with zero attached hydrogens (tertiary/aromatic N) is 3. The van der Waals surface area contributed by atoms with Crippen LogP contribution in [-0.2, 0) is 6.42 Å². The van der Waals surface area contributed by atoms with Crippen LogP contribution in [0.4, 0.5) is 5.95 Å². The molecule has 0 saturated carbocycles. The average Bonchev–Trinajstić information content (AvgIpc) is 2.78. The van der Waals surface area contributed by atoms with Gasteiger partial charge in [-0.2, -0.15) is 5.26 Å². The van der Waals surface area contributed by atoms with Gasteiger partial charge in [0.1, 0.15) is 11.9 Å². The molecule has 0 bridgehead atoms. The molecule has 1 unspecified atom stereocenters. The minimum absolute atomic E-state index is 0.228. The fraction of sp³-hybridized carbons (Fsp3) is 0.214. The summed E-state index contributed by atoms with van der Waals surface area (Å²) in [5, 5.41) is 11.0. The minimum Gasteiger partial charge on any atom is -0.490 e. The molecule has 5 heteroatoms. The van der Waals surface area contributed by atoms with Crippen LogP contribution >= 0.6 is 0 Å². The van der Waals surface area contributed by atoms with Gasteiger partial charge in [-0.25, -0.2) is 9.97 Å². The fourth-order valence-corrected chi connectivity index (χ4v) is 2.21. The third-order valence-electron chi connectivity index (χ3n) is 3.02. The molecule has 0 spiro atoms. The number of rotatable bonds is 2. The number of hydrogen-bond donors (Lipinski definition) is 1. The molecule has 1 aromatic carbocycles. The largest absolute Gasteiger partial charge is 0.490 e. The van der Waals surface area contributed by atoms with Crippen LogP contribution in [0.3, 0.4) is 0 Å². The molecule has 19 heavy (non-hydrogen) atoms. The summed E-state index contributed by atoms with van der Waals surface area (Å²) in [5.41, 5.74) is 2.98. The molecule has 1 aromatic heterocycles. The van der Waals surface area contributed by atoms with Crippen molar-refractivity contribution in [2.75, 3.05) is 5.32 Å². The minimum atomic E-state index is 0.228. The molecule has 1 atom stereocenters. The molecule has 0 radical (unpaired) electrons. The second-order valence-electron chi connectivity index (χ2n) is 4.46. The maximum Gasteiger partial charge on any atom is 0.236 e. The zero-order valence-corrected chi connectivity index (χ0v) is 10.4. The molecule has 94 valence electrons. The Kier molecular flexibility index (Phi) is 2.76. The number of fused-ring (bicyclic) bond motifs is 1. The molecule has 1 aliphatic heterocycles. The van der Waals surface area contributed by atoms with E-state index in [4.69, 9.17) is 10.00 Å². The van der Waals surface area contributed by atoms with Gasteiger partial charge < -0.3 is 4.74 Å². The topological polar surface area (TPSA) is 70.8 Å². The van der Waals surface area contributed by atoms with Crippen molar-refractivity contribution >= 4 is 5.95 Å². The van der Waals surface area contributed by atoms with E-state index in [0.29, 0.717) is 5.95 Å². The van der Waals surface area contributed by atoms with Crippen LogP contribution < -0.4 is 10.1 Å². The second-order valence-corrected chi connectivity index (χ2v) is 4.46. The molecule has 0 amide bonds. The Morgan fingerprint density at radius 3 is 3.16 bits per heavy atom. The quantitative estimate of drug-likeness (QED) is 0.656. The van der Waals surface area contributed by atoms with E-state index in [1.807, 2.05) is 24.4 Å². The lowest BCUT2D eigenvalue weighted by Gasteiger charge is -2.05. The lowest BCUT2D eigenvalue weighted by molar-refractivity contribution is 0.254. The summed E-state index contributed by atoms with van der Waals surface area (Å²) < 4.78 is 5.67. The fourth-order valence-electron chi connectivity index (χ4n) is 2.21. The van der Waals surface area contributed by atoms with Gasteiger partial charge in [0.25, 0.3) is 0 Å². The monoisotopic (exact) mass is 252 g/mol. The van der Waals surface area contributed by atoms with Crippen molar-refractivity contribution in [3.8, 4) is 23.2 Å². The number of nitrogens with one attached hydrogen (secondary N) is 1. The smallest absolute Gasteiger partial charge is 0.236 e. The maximum absolute atomic E-state index is 8.58. The molecule has 1 aliphatic rings. The van der Waals surface area contributed by atoms with Crippen LogP contribution in [0.15, 0.2) is 30.5 Å². The first-order valence-electron chi connectivity index (χ1n) is 6.04. The number of ether oxygens (including phenoxy) is 1. The van der Waals surface area contributed by atoms with E-state index in [2.05, 4.69) is 28.3 Å². The number of hydrogen-bond acceptors (Lipinski definition) is 5. The van der Waals surface area contributed by atoms with Crippen LogP contribution in [0.5, 0.6) is 5.75 Å². The van der Waals surface area contributed by atoms with Gasteiger partial charge in [-0.15, -0.1) is 0 Å². The van der Waals surface area contributed by atoms with Gasteiger partial charge in [0.05, 0.1) is 5.69 Å². The molecule has 2 aromatic rings. The van der Waals surface area contributed by atoms with Gasteiger partial charge in [-0.05, 0) is 36.8 Å². The lowest BCUT2D eigenvalue weighted by atomic mass is 10.0. The molecular formula is C14H12N4O. The van der Waals surface area contributed by atoms with Crippen molar-refractivity contribution < 1.29 is 4.74 Å². The first kappa shape index (κ1) is 11.5. The number of nitriles is 1. The molecule has 0 aliphatic carbocycles. The number of benzene rings is 1. The Morgan fingerprint density at radius 1 is 1.42 bits per heavy atom. The first-order valence-corrected chi connectivity index (χ1v) is 6.04. The highest BCUT2D eigenvalue weighted by molar-refractivity contribution is 5.63. The zero-order chi connectivity index (χ0) is 13.2. The van der Waals surface area contributed by atoms with Crippen molar-refractivity contribution in [3.63, 3.8) is 0 Å². The third-order valence-corrected chi connectivity index (χ3v) is 3.02. The number of anilines is 1. The van der Waals surface area contributed by atoms with Crippen LogP contribution in [0, 0.1) is 11.5 Å². The normalized spacial score (nSPS) is 16.3. The summed E-state index contributed by atoms with van der Waals surface area (Å²) >= 11 is 0. The van der Waals surface area contributed by atoms with E-state index in [0.717, 1.165) is 23.4 Å². The standard InChI is InChI=1S/C14H12N4O/c1-9-6-11-7-10(2-3-13(11)19-9)12-4-5-16-14(18-12)17-8-15/h2-5,7,9H,6H2,1H3,(H,16,17,18). The van der Waals surface area contributed by atoms with Crippen molar-refractivity contribution in [2.24, 2.45) is 0 Å². The van der Waals surface area contributed by atoms with E-state index < -0.39 is 0 Å². The van der Waals surface area contributed by atoms with E-state index in [-0.39, 0.29) is 6.10 Å². The summed E-state index contributed by atoms with van der Waals surface area (Å²) in [5.74, 6) is 1.26. The molecule has 0 saturated heterocycles. The first-order chi connectivity index (χ1) is 9.26. The Bertz CT molecular complexity index is 663. The molecule has 2 heterocycles. The number of aromatic nitrogens is 2. The van der Waals surface area contributed by atoms with E-state index >= 15 is 0 Å². The highest BCUT2D eigenvalue weighted by Gasteiger charge is 2.19. The lowest BCUT2D eigenvalue weighted by Crippen LogP contribution is -2.05. The summed E-state index contributed by atoms with van der Waals surface area (Å²) in [6.45, 7) is 2.05. The van der Waals surface area contributed by atoms with Gasteiger partial charge >= 0.3 is 0 Å². The summed E-state index contributed by atoms with van der Waals surface area (Å²) in [7, 11) is 0. The highest BCUT2D eigenvalue weighted by atomic mass is 16.5. The Balaban J connectivity index is 1.97. The summed E-state index contributed by atoms with van der Waals surface area (Å²) in [6.07, 6.45) is 4.59. The van der Waals surface area contributed by atoms with Crippen LogP contribution in [0.25, 0.3) is 11.3 Å². The SMILES string of the molecule is CC1Cc2cc(-c3ccnc(NC#N)n3)ccc2O1. The third kappa shape index (κ3) is 2.20. The van der Waals surface area contributed by atoms with Gasteiger partial charge in [0, 0.05) is 18.2 Å². The zero-order valence-electron chi connectivity index (χ0n) is 10.4. The second kappa shape index (κ2) is 4.58. The van der Waals surface area contributed by atoms with Crippen molar-refractivity contribution in [2.45, 2.75) is 19.4 Å². The Hall–Kier alpha value is -2.61. The molecule has 5 nitrogen and oxygen atoms in total. The summed E-state index contributed by atoms with van der Waals surface area (Å²) in [4.78, 5) is 8.26. The van der Waals surface area contributed by atoms with Gasteiger partial charge in [0.2, 0.25) is 5.95 Å². The highest BCUT2D eigenvalue weighted by Crippen LogP contribution is 2.32. The van der Waals surface area contributed by atoms with E-state index in [1.165, 1.54) is 5.56 Å². The van der Waals surface area contributed by atoms with Crippen molar-refractivity contribution in [3.05, 3.63) is 36.0 Å². The van der Waals surface area contributed by atoms with Gasteiger partial charge in [-0.1, -0.05) is 0 Å². The Labute approximate surface area is 110 Å². The predicted octanol–water partition coefficient (Wildman–Crippen LogP) is 2.36. The van der Waals surface area contributed by atoms with Crippen molar-refractivity contribution in [1.29, 1.82) is 5.26 Å². The predicted molar refractivity (Wildman–Crippen MR) is 70.5 cm³/mol. The van der Waals surface area contributed by atoms with Crippen LogP contribution in [-0.4, -0.2) is 16.1 Å². The molecule has 1 N–H and O–H groups in total. The van der Waals surface area contributed by atoms with Crippen LogP contribution in [0.1, 0.15) is 12.5 Å². The molecule has 0 fully saturated rings. The Morgan fingerprint density at radius 2 is 2.32 bits per heavy atom. The van der Waals surface area contributed by atoms with Gasteiger partial charge in [-0.3, -0.25) is 5.32 Å². The van der Waals surface area contributed by atoms with E-state index in [9.17, 15) is 0 Å². The van der Waals surface area contributed by atoms with Crippen molar-refractivity contribution in [1.82, 2.24) is 9.97 Å². The van der Waals surface area contributed by atoms with Crippen LogP contribution in [0.2, 0.25) is 0 Å². The maximum atomic E-state index is 8.58. The van der Waals surface area contributed by atoms with E-state index in [1.54, 1.807) is 6.20 Å². The molecular weight excluding hydrogens is 240 g/mol. The summed E-state index contributed by atoms with van der Waals surface area (Å²) in [6, 6.07) is 7.84. The molecule has 3 rings (SSSR count). The van der Waals surface area contributed by atoms with Gasteiger partial charge in [0.15, 0.2) is 6.19 Å².